The zero-order valence-electron chi connectivity index (χ0n) is 17.1. The second kappa shape index (κ2) is 11.0. The second-order valence-corrected chi connectivity index (χ2v) is 7.77. The summed E-state index contributed by atoms with van der Waals surface area (Å²) >= 11 is 0. The molecule has 1 aromatic carbocycles. The number of hydrogen-bond acceptors (Lipinski definition) is 6. The lowest BCUT2D eigenvalue weighted by Crippen LogP contribution is -2.47. The number of carboxylic acid groups (broad SMARTS) is 2. The van der Waals surface area contributed by atoms with Gasteiger partial charge in [-0.15, -0.1) is 0 Å². The molecule has 3 atom stereocenters. The van der Waals surface area contributed by atoms with Gasteiger partial charge in [0, 0.05) is 25.2 Å². The molecule has 0 radical (unpaired) electrons. The van der Waals surface area contributed by atoms with Gasteiger partial charge in [0.2, 0.25) is 0 Å². The van der Waals surface area contributed by atoms with Crippen LogP contribution in [0.25, 0.3) is 0 Å². The monoisotopic (exact) mass is 466 g/mol. The number of nitrogens with zero attached hydrogens (tertiary/aromatic N) is 1. The summed E-state index contributed by atoms with van der Waals surface area (Å²) in [6.45, 7) is 1.86. The average Bonchev–Trinajstić information content (AvgIpc) is 3.19. The maximum Gasteiger partial charge on any atom is 0.416 e. The summed E-state index contributed by atoms with van der Waals surface area (Å²) in [6.07, 6.45) is -4.87. The van der Waals surface area contributed by atoms with Gasteiger partial charge in [-0.2, -0.15) is 13.2 Å². The Kier molecular flexibility index (Phi) is 8.96. The van der Waals surface area contributed by atoms with Crippen molar-refractivity contribution in [3.63, 3.8) is 0 Å². The van der Waals surface area contributed by atoms with E-state index in [0.29, 0.717) is 6.04 Å². The summed E-state index contributed by atoms with van der Waals surface area (Å²) in [5.41, 5.74) is -0.671. The molecule has 3 rings (SSSR count). The molecule has 0 aromatic heterocycles. The number of rotatable bonds is 7. The van der Waals surface area contributed by atoms with E-state index in [1.54, 1.807) is 0 Å². The van der Waals surface area contributed by atoms with Gasteiger partial charge in [-0.1, -0.05) is 6.42 Å². The highest BCUT2D eigenvalue weighted by atomic mass is 19.4. The van der Waals surface area contributed by atoms with Crippen LogP contribution in [0.2, 0.25) is 0 Å². The first-order valence-electron chi connectivity index (χ1n) is 10.1. The van der Waals surface area contributed by atoms with Crippen LogP contribution < -0.4 is 5.32 Å². The molecule has 1 aromatic rings. The van der Waals surface area contributed by atoms with E-state index in [0.717, 1.165) is 57.0 Å². The minimum Gasteiger partial charge on any atom is -0.479 e. The fourth-order valence-corrected chi connectivity index (χ4v) is 3.63. The minimum atomic E-state index is -4.44. The lowest BCUT2D eigenvalue weighted by Gasteiger charge is -2.41. The molecule has 32 heavy (non-hydrogen) atoms. The van der Waals surface area contributed by atoms with Crippen LogP contribution in [-0.4, -0.2) is 74.6 Å². The predicted molar refractivity (Wildman–Crippen MR) is 103 cm³/mol. The van der Waals surface area contributed by atoms with Gasteiger partial charge in [0.15, 0.2) is 12.2 Å². The molecule has 1 saturated carbocycles. The Hall–Kier alpha value is -2.28. The van der Waals surface area contributed by atoms with Gasteiger partial charge in [-0.3, -0.25) is 4.90 Å². The number of alkyl halides is 3. The summed E-state index contributed by atoms with van der Waals surface area (Å²) in [6, 6.07) is 3.36. The van der Waals surface area contributed by atoms with Crippen molar-refractivity contribution < 1.29 is 47.6 Å². The topological polar surface area (TPSA) is 130 Å². The van der Waals surface area contributed by atoms with Crippen LogP contribution in [0.1, 0.15) is 36.8 Å². The van der Waals surface area contributed by atoms with E-state index in [1.165, 1.54) is 0 Å². The highest BCUT2D eigenvalue weighted by Crippen LogP contribution is 2.35. The van der Waals surface area contributed by atoms with Gasteiger partial charge in [0.05, 0.1) is 5.56 Å². The maximum atomic E-state index is 13.5. The molecule has 1 aliphatic heterocycles. The van der Waals surface area contributed by atoms with Gasteiger partial charge < -0.3 is 25.7 Å². The summed E-state index contributed by atoms with van der Waals surface area (Å²) in [5, 5.41) is 35.8. The zero-order valence-corrected chi connectivity index (χ0v) is 17.1. The van der Waals surface area contributed by atoms with Crippen LogP contribution in [-0.2, 0) is 22.3 Å². The van der Waals surface area contributed by atoms with Crippen LogP contribution in [0, 0.1) is 5.82 Å². The van der Waals surface area contributed by atoms with E-state index in [9.17, 15) is 27.2 Å². The molecule has 12 heteroatoms. The maximum absolute atomic E-state index is 13.5. The van der Waals surface area contributed by atoms with Gasteiger partial charge >= 0.3 is 18.1 Å². The molecule has 2 unspecified atom stereocenters. The number of aliphatic hydroxyl groups excluding tert-OH is 2. The van der Waals surface area contributed by atoms with E-state index in [-0.39, 0.29) is 18.2 Å². The lowest BCUT2D eigenvalue weighted by atomic mass is 9.89. The van der Waals surface area contributed by atoms with E-state index in [2.05, 4.69) is 10.2 Å². The van der Waals surface area contributed by atoms with E-state index < -0.39 is 41.7 Å². The molecular formula is C20H26F4N2O6. The van der Waals surface area contributed by atoms with Gasteiger partial charge in [0.25, 0.3) is 0 Å². The highest BCUT2D eigenvalue weighted by molar-refractivity contribution is 5.83. The third-order valence-corrected chi connectivity index (χ3v) is 5.58. The normalized spacial score (nSPS) is 20.8. The smallest absolute Gasteiger partial charge is 0.416 e. The van der Waals surface area contributed by atoms with Gasteiger partial charge in [-0.05, 0) is 49.6 Å². The van der Waals surface area contributed by atoms with Crippen molar-refractivity contribution in [3.05, 3.63) is 35.1 Å². The summed E-state index contributed by atoms with van der Waals surface area (Å²) in [5.74, 6) is -4.15. The molecule has 1 heterocycles. The van der Waals surface area contributed by atoms with Crippen molar-refractivity contribution in [3.8, 4) is 0 Å². The second-order valence-electron chi connectivity index (χ2n) is 7.77. The Morgan fingerprint density at radius 2 is 1.66 bits per heavy atom. The summed E-state index contributed by atoms with van der Waals surface area (Å²) in [4.78, 5) is 21.7. The van der Waals surface area contributed by atoms with Crippen LogP contribution in [0.3, 0.4) is 0 Å². The molecule has 5 N–H and O–H groups in total. The molecule has 1 aliphatic carbocycles. The third kappa shape index (κ3) is 6.86. The van der Waals surface area contributed by atoms with E-state index in [4.69, 9.17) is 20.4 Å². The standard InChI is InChI=1S/C16H20F4N2.C4H6O6/c17-12-4-5-15(16(18,19)20)11(8-12)10-22(13-2-1-3-13)14-6-7-21-9-14;5-1(3(7)8)2(6)4(9)10/h4-5,8,13-14,21H,1-3,6-7,9-10H2;1-2,5-6H,(H,7,8)(H,9,10)/t14-;/m0./s1. The van der Waals surface area contributed by atoms with E-state index >= 15 is 0 Å². The first-order chi connectivity index (χ1) is 14.9. The van der Waals surface area contributed by atoms with Crippen molar-refractivity contribution in [2.45, 2.75) is 62.7 Å². The molecule has 2 fully saturated rings. The first-order valence-corrected chi connectivity index (χ1v) is 10.1. The number of carboxylic acids is 2. The molecule has 0 bridgehead atoms. The fraction of sp³-hybridized carbons (Fsp3) is 0.600. The molecule has 0 amide bonds. The van der Waals surface area contributed by atoms with Gasteiger partial charge in [0.1, 0.15) is 5.82 Å². The quantitative estimate of drug-likeness (QED) is 0.382. The number of aliphatic hydroxyl groups is 2. The number of aliphatic carboxylic acids is 2. The van der Waals surface area contributed by atoms with Crippen molar-refractivity contribution >= 4 is 11.9 Å². The van der Waals surface area contributed by atoms with Crippen molar-refractivity contribution in [1.29, 1.82) is 0 Å². The Morgan fingerprint density at radius 3 is 2.06 bits per heavy atom. The number of halogens is 4. The number of nitrogens with one attached hydrogen (secondary N) is 1. The fourth-order valence-electron chi connectivity index (χ4n) is 3.63. The number of hydrogen-bond donors (Lipinski definition) is 5. The SMILES string of the molecule is Fc1ccc(C(F)(F)F)c(CN(C2CCC2)[C@H]2CCNC2)c1.O=C(O)C(O)C(O)C(=O)O. The third-order valence-electron chi connectivity index (χ3n) is 5.58. The van der Waals surface area contributed by atoms with Crippen molar-refractivity contribution in [2.24, 2.45) is 0 Å². The highest BCUT2D eigenvalue weighted by Gasteiger charge is 2.37. The Balaban J connectivity index is 0.000000309. The Morgan fingerprint density at radius 1 is 1.06 bits per heavy atom. The molecular weight excluding hydrogens is 440 g/mol. The average molecular weight is 466 g/mol. The lowest BCUT2D eigenvalue weighted by molar-refractivity contribution is -0.165. The van der Waals surface area contributed by atoms with Crippen molar-refractivity contribution in [2.75, 3.05) is 13.1 Å². The number of benzene rings is 1. The molecule has 180 valence electrons. The van der Waals surface area contributed by atoms with Crippen LogP contribution in [0.4, 0.5) is 17.6 Å². The number of carbonyl (C=O) groups is 2. The molecule has 8 nitrogen and oxygen atoms in total. The summed E-state index contributed by atoms with van der Waals surface area (Å²) in [7, 11) is 0. The van der Waals surface area contributed by atoms with Crippen LogP contribution in [0.15, 0.2) is 18.2 Å². The zero-order chi connectivity index (χ0) is 24.1. The predicted octanol–water partition coefficient (Wildman–Crippen LogP) is 1.44. The summed E-state index contributed by atoms with van der Waals surface area (Å²) < 4.78 is 52.9. The first kappa shape index (κ1) is 26.0. The van der Waals surface area contributed by atoms with Crippen LogP contribution in [0.5, 0.6) is 0 Å². The van der Waals surface area contributed by atoms with Crippen LogP contribution >= 0.6 is 0 Å². The molecule has 2 aliphatic rings. The molecule has 1 saturated heterocycles. The largest absolute Gasteiger partial charge is 0.479 e. The van der Waals surface area contributed by atoms with Gasteiger partial charge in [-0.25, -0.2) is 14.0 Å². The van der Waals surface area contributed by atoms with Crippen molar-refractivity contribution in [1.82, 2.24) is 10.2 Å². The van der Waals surface area contributed by atoms with E-state index in [1.807, 2.05) is 0 Å². The molecule has 0 spiro atoms. The minimum absolute atomic E-state index is 0.0475. The Labute approximate surface area is 181 Å². The Bertz CT molecular complexity index is 779.